The molecule has 0 aromatic heterocycles. The number of esters is 2. The van der Waals surface area contributed by atoms with Crippen molar-refractivity contribution in [2.75, 3.05) is 13.6 Å². The van der Waals surface area contributed by atoms with E-state index in [1.54, 1.807) is 27.7 Å². The summed E-state index contributed by atoms with van der Waals surface area (Å²) in [6.45, 7) is 1.37. The van der Waals surface area contributed by atoms with Crippen molar-refractivity contribution < 1.29 is 32.7 Å². The van der Waals surface area contributed by atoms with Crippen LogP contribution in [0.2, 0.25) is 0 Å². The lowest BCUT2D eigenvalue weighted by molar-refractivity contribution is -0.155. The average molecular weight is 317 g/mol. The predicted octanol–water partition coefficient (Wildman–Crippen LogP) is 2.68. The molecule has 0 aliphatic rings. The van der Waals surface area contributed by atoms with Gasteiger partial charge in [-0.1, -0.05) is 27.7 Å². The largest absolute Gasteiger partial charge is 0.438 e. The first-order valence-corrected chi connectivity index (χ1v) is 8.02. The molecule has 0 bridgehead atoms. The Morgan fingerprint density at radius 3 is 1.53 bits per heavy atom. The van der Waals surface area contributed by atoms with Crippen LogP contribution in [0.1, 0.15) is 27.7 Å². The molecule has 0 rings (SSSR count). The van der Waals surface area contributed by atoms with Gasteiger partial charge < -0.3 is 9.47 Å². The van der Waals surface area contributed by atoms with Gasteiger partial charge in [-0.05, 0) is 0 Å². The molecule has 7 nitrogen and oxygen atoms in total. The Labute approximate surface area is 116 Å². The number of ether oxygens (including phenoxy) is 2. The zero-order chi connectivity index (χ0) is 15.1. The van der Waals surface area contributed by atoms with Crippen molar-refractivity contribution in [2.45, 2.75) is 27.7 Å². The summed E-state index contributed by atoms with van der Waals surface area (Å²) in [7, 11) is 0. The Morgan fingerprint density at radius 2 is 1.26 bits per heavy atom. The second-order valence-corrected chi connectivity index (χ2v) is 6.78. The number of carbonyl (C=O) groups excluding carboxylic acids is 2. The third-order valence-electron chi connectivity index (χ3n) is 1.76. The molecule has 0 fully saturated rings. The van der Waals surface area contributed by atoms with Crippen molar-refractivity contribution in [1.29, 1.82) is 0 Å². The first-order valence-electron chi connectivity index (χ1n) is 5.57. The summed E-state index contributed by atoms with van der Waals surface area (Å²) in [4.78, 5) is 22.1. The van der Waals surface area contributed by atoms with Gasteiger partial charge in [-0.3, -0.25) is 18.6 Å². The highest BCUT2D eigenvalue weighted by Gasteiger charge is 2.23. The van der Waals surface area contributed by atoms with Crippen LogP contribution in [-0.2, 0) is 32.7 Å². The summed E-state index contributed by atoms with van der Waals surface area (Å²) in [6.07, 6.45) is 0. The van der Waals surface area contributed by atoms with Crippen molar-refractivity contribution in [1.82, 2.24) is 0 Å². The van der Waals surface area contributed by atoms with E-state index in [0.717, 1.165) is 0 Å². The van der Waals surface area contributed by atoms with Crippen LogP contribution in [0.15, 0.2) is 0 Å². The summed E-state index contributed by atoms with van der Waals surface area (Å²) in [5.41, 5.74) is 0. The van der Waals surface area contributed by atoms with Crippen LogP contribution in [0, 0.1) is 11.8 Å². The van der Waals surface area contributed by atoms with Gasteiger partial charge in [0.2, 0.25) is 13.6 Å². The number of carbonyl (C=O) groups is 2. The summed E-state index contributed by atoms with van der Waals surface area (Å²) >= 11 is 5.39. The molecule has 0 aliphatic carbocycles. The molecule has 112 valence electrons. The fourth-order valence-electron chi connectivity index (χ4n) is 0.665. The van der Waals surface area contributed by atoms with E-state index in [1.807, 2.05) is 0 Å². The van der Waals surface area contributed by atoms with Crippen LogP contribution in [-0.4, -0.2) is 25.5 Å². The maximum atomic E-state index is 11.5. The highest BCUT2D eigenvalue weighted by molar-refractivity contribution is 7.81. The normalized spacial score (nSPS) is 11.7. The monoisotopic (exact) mass is 316 g/mol. The highest BCUT2D eigenvalue weighted by Crippen LogP contribution is 2.53. The molecule has 0 radical (unpaired) electrons. The van der Waals surface area contributed by atoms with Crippen LogP contribution in [0.3, 0.4) is 0 Å². The minimum absolute atomic E-state index is 0.341. The van der Waals surface area contributed by atoms with Crippen molar-refractivity contribution in [3.8, 4) is 0 Å². The van der Waals surface area contributed by atoms with E-state index in [2.05, 4.69) is 18.5 Å². The van der Waals surface area contributed by atoms with Gasteiger partial charge >= 0.3 is 18.9 Å². The van der Waals surface area contributed by atoms with E-state index in [0.29, 0.717) is 0 Å². The Hall–Kier alpha value is -0.620. The average Bonchev–Trinajstić information content (AvgIpc) is 2.27. The fraction of sp³-hybridized carbons (Fsp3) is 0.800. The molecule has 0 aliphatic heterocycles. The smallest absolute Gasteiger partial charge is 0.430 e. The van der Waals surface area contributed by atoms with Crippen LogP contribution >= 0.6 is 18.2 Å². The van der Waals surface area contributed by atoms with E-state index < -0.39 is 32.5 Å². The molecule has 0 aromatic rings. The number of hydrogen-bond donors (Lipinski definition) is 0. The number of rotatable bonds is 8. The van der Waals surface area contributed by atoms with Gasteiger partial charge in [-0.15, -0.1) is 0 Å². The Balaban J connectivity index is 3.90. The van der Waals surface area contributed by atoms with E-state index in [1.165, 1.54) is 0 Å². The van der Waals surface area contributed by atoms with Crippen molar-refractivity contribution in [3.63, 3.8) is 0 Å². The van der Waals surface area contributed by atoms with Gasteiger partial charge in [-0.2, -0.15) is 0 Å². The van der Waals surface area contributed by atoms with Gasteiger partial charge in [0.05, 0.1) is 11.8 Å². The maximum Gasteiger partial charge on any atom is 0.430 e. The molecule has 0 heterocycles. The molecule has 0 aromatic carbocycles. The van der Waals surface area contributed by atoms with Crippen molar-refractivity contribution in [3.05, 3.63) is 0 Å². The topological polar surface area (TPSA) is 88.1 Å². The third kappa shape index (κ3) is 8.99. The Morgan fingerprint density at radius 1 is 0.947 bits per heavy atom. The molecule has 0 atom stereocenters. The second-order valence-electron chi connectivity index (χ2n) is 4.16. The van der Waals surface area contributed by atoms with Gasteiger partial charge in [0.25, 0.3) is 0 Å². The quantitative estimate of drug-likeness (QED) is 0.386. The summed E-state index contributed by atoms with van der Waals surface area (Å²) in [5, 5.41) is 0. The lowest BCUT2D eigenvalue weighted by Crippen LogP contribution is -2.15. The minimum Gasteiger partial charge on any atom is -0.438 e. The predicted molar refractivity (Wildman–Crippen MR) is 67.2 cm³/mol. The molecule has 19 heavy (non-hydrogen) atoms. The van der Waals surface area contributed by atoms with Crippen LogP contribution in [0.4, 0.5) is 0 Å². The standard InChI is InChI=1S/C10H18ClO7P/c1-7(2)9(12)15-5-17-19(11,14)18-6-16-10(13)8(3)4/h7-8H,5-6H2,1-4H3. The number of halogens is 1. The van der Waals surface area contributed by atoms with E-state index >= 15 is 0 Å². The number of hydrogen-bond acceptors (Lipinski definition) is 7. The van der Waals surface area contributed by atoms with Crippen molar-refractivity contribution >= 4 is 30.1 Å². The van der Waals surface area contributed by atoms with Crippen molar-refractivity contribution in [2.24, 2.45) is 11.8 Å². The van der Waals surface area contributed by atoms with Crippen LogP contribution < -0.4 is 0 Å². The second kappa shape index (κ2) is 8.53. The van der Waals surface area contributed by atoms with Gasteiger partial charge in [0, 0.05) is 11.2 Å². The first kappa shape index (κ1) is 18.4. The zero-order valence-corrected chi connectivity index (χ0v) is 12.9. The molecule has 0 unspecified atom stereocenters. The first-order chi connectivity index (χ1) is 8.65. The fourth-order valence-corrected chi connectivity index (χ4v) is 1.34. The van der Waals surface area contributed by atoms with Gasteiger partial charge in [0.1, 0.15) is 0 Å². The lowest BCUT2D eigenvalue weighted by Gasteiger charge is -2.13. The molecular formula is C10H18ClO7P. The van der Waals surface area contributed by atoms with E-state index in [4.69, 9.17) is 11.2 Å². The Bertz CT molecular complexity index is 326. The third-order valence-corrected chi connectivity index (χ3v) is 3.17. The summed E-state index contributed by atoms with van der Waals surface area (Å²) in [5.74, 6) is -1.73. The van der Waals surface area contributed by atoms with E-state index in [-0.39, 0.29) is 11.8 Å². The Kier molecular flexibility index (Phi) is 8.25. The summed E-state index contributed by atoms with van der Waals surface area (Å²) in [6, 6.07) is 0. The van der Waals surface area contributed by atoms with Gasteiger partial charge in [0.15, 0.2) is 0 Å². The van der Waals surface area contributed by atoms with Crippen LogP contribution in [0.5, 0.6) is 0 Å². The molecule has 0 spiro atoms. The minimum atomic E-state index is -3.95. The molecule has 0 N–H and O–H groups in total. The van der Waals surface area contributed by atoms with Gasteiger partial charge in [-0.25, -0.2) is 4.57 Å². The highest BCUT2D eigenvalue weighted by atomic mass is 35.7. The molecular weight excluding hydrogens is 299 g/mol. The molecule has 0 saturated carbocycles. The summed E-state index contributed by atoms with van der Waals surface area (Å²) < 4.78 is 29.8. The van der Waals surface area contributed by atoms with E-state index in [9.17, 15) is 14.2 Å². The maximum absolute atomic E-state index is 11.5. The zero-order valence-electron chi connectivity index (χ0n) is 11.3. The molecule has 0 saturated heterocycles. The van der Waals surface area contributed by atoms with Crippen LogP contribution in [0.25, 0.3) is 0 Å². The lowest BCUT2D eigenvalue weighted by atomic mass is 10.2. The molecule has 0 amide bonds. The SMILES string of the molecule is CC(C)C(=O)OCOP(=O)(Cl)OCOC(=O)C(C)C. The molecule has 9 heteroatoms.